The molecule has 0 fully saturated rings. The van der Waals surface area contributed by atoms with Gasteiger partial charge in [0.1, 0.15) is 11.2 Å². The van der Waals surface area contributed by atoms with E-state index in [0.717, 1.165) is 12.2 Å². The summed E-state index contributed by atoms with van der Waals surface area (Å²) >= 11 is 12.6. The Hall–Kier alpha value is -3.00. The highest BCUT2D eigenvalue weighted by Crippen LogP contribution is 2.38. The quantitative estimate of drug-likeness (QED) is 0.433. The minimum atomic E-state index is -0.389. The van der Waals surface area contributed by atoms with Crippen molar-refractivity contribution in [2.75, 3.05) is 12.4 Å². The van der Waals surface area contributed by atoms with E-state index >= 15 is 0 Å². The molecule has 0 spiro atoms. The third-order valence-electron chi connectivity index (χ3n) is 6.34. The molecule has 5 rings (SSSR count). The van der Waals surface area contributed by atoms with Gasteiger partial charge >= 0.3 is 0 Å². The molecule has 0 bridgehead atoms. The van der Waals surface area contributed by atoms with Crippen molar-refractivity contribution < 1.29 is 0 Å². The fraction of sp³-hybridized carbons (Fsp3) is 0.250. The standard InChI is InChI=1S/C24H22Cl2N6O/c1-13-20-16(22(33)32(30-13)21-18(25)6-5-7-19(21)26)11-27-23(29-20)28-15-8-9-17-14(10-15)12-31(4)24(17,2)3/h5-11H,12H2,1-4H3,(H,27,28,29). The molecule has 0 saturated carbocycles. The monoisotopic (exact) mass is 480 g/mol. The summed E-state index contributed by atoms with van der Waals surface area (Å²) in [5.74, 6) is 0.394. The van der Waals surface area contributed by atoms with E-state index in [0.29, 0.717) is 38.3 Å². The molecular weight excluding hydrogens is 459 g/mol. The summed E-state index contributed by atoms with van der Waals surface area (Å²) in [5.41, 5.74) is 4.45. The minimum Gasteiger partial charge on any atom is -0.324 e. The van der Waals surface area contributed by atoms with E-state index in [4.69, 9.17) is 23.2 Å². The maximum Gasteiger partial charge on any atom is 0.282 e. The number of halogens is 2. The van der Waals surface area contributed by atoms with Crippen LogP contribution < -0.4 is 10.9 Å². The first-order chi connectivity index (χ1) is 15.7. The summed E-state index contributed by atoms with van der Waals surface area (Å²) in [6, 6.07) is 11.3. The van der Waals surface area contributed by atoms with Crippen molar-refractivity contribution in [2.45, 2.75) is 32.9 Å². The van der Waals surface area contributed by atoms with Gasteiger partial charge in [-0.15, -0.1) is 0 Å². The summed E-state index contributed by atoms with van der Waals surface area (Å²) in [7, 11) is 2.12. The highest BCUT2D eigenvalue weighted by atomic mass is 35.5. The number of benzene rings is 2. The Bertz CT molecular complexity index is 1460. The van der Waals surface area contributed by atoms with Gasteiger partial charge in [0, 0.05) is 24.0 Å². The molecule has 0 unspecified atom stereocenters. The number of fused-ring (bicyclic) bond motifs is 2. The Morgan fingerprint density at radius 2 is 1.85 bits per heavy atom. The summed E-state index contributed by atoms with van der Waals surface area (Å²) in [6.45, 7) is 7.10. The number of nitrogens with one attached hydrogen (secondary N) is 1. The lowest BCUT2D eigenvalue weighted by molar-refractivity contribution is 0.178. The van der Waals surface area contributed by atoms with E-state index in [1.807, 2.05) is 6.07 Å². The molecule has 168 valence electrons. The Balaban J connectivity index is 1.54. The van der Waals surface area contributed by atoms with Gasteiger partial charge in [-0.2, -0.15) is 9.78 Å². The highest BCUT2D eigenvalue weighted by molar-refractivity contribution is 6.37. The summed E-state index contributed by atoms with van der Waals surface area (Å²) in [5, 5.41) is 8.69. The Morgan fingerprint density at radius 3 is 2.58 bits per heavy atom. The van der Waals surface area contributed by atoms with Crippen molar-refractivity contribution in [1.29, 1.82) is 0 Å². The third kappa shape index (κ3) is 3.57. The van der Waals surface area contributed by atoms with Crippen molar-refractivity contribution in [3.05, 3.63) is 79.8 Å². The lowest BCUT2D eigenvalue weighted by Gasteiger charge is -2.28. The predicted octanol–water partition coefficient (Wildman–Crippen LogP) is 5.22. The smallest absolute Gasteiger partial charge is 0.282 e. The van der Waals surface area contributed by atoms with Gasteiger partial charge < -0.3 is 5.32 Å². The lowest BCUT2D eigenvalue weighted by Crippen LogP contribution is -2.31. The molecule has 0 amide bonds. The van der Waals surface area contributed by atoms with Gasteiger partial charge in [-0.3, -0.25) is 9.69 Å². The van der Waals surface area contributed by atoms with Crippen LogP contribution in [0.1, 0.15) is 30.7 Å². The number of hydrogen-bond donors (Lipinski definition) is 1. The summed E-state index contributed by atoms with van der Waals surface area (Å²) < 4.78 is 1.21. The van der Waals surface area contributed by atoms with Crippen LogP contribution in [0.5, 0.6) is 0 Å². The van der Waals surface area contributed by atoms with Gasteiger partial charge in [-0.05, 0) is 63.2 Å². The van der Waals surface area contributed by atoms with Crippen LogP contribution >= 0.6 is 23.2 Å². The van der Waals surface area contributed by atoms with Crippen molar-refractivity contribution in [2.24, 2.45) is 0 Å². The average Bonchev–Trinajstić information content (AvgIpc) is 2.99. The van der Waals surface area contributed by atoms with Gasteiger partial charge in [0.15, 0.2) is 0 Å². The van der Waals surface area contributed by atoms with Gasteiger partial charge in [-0.25, -0.2) is 9.97 Å². The van der Waals surface area contributed by atoms with Gasteiger partial charge in [0.2, 0.25) is 5.95 Å². The normalized spacial score (nSPS) is 15.1. The second kappa shape index (κ2) is 7.80. The van der Waals surface area contributed by atoms with Crippen LogP contribution in [0.4, 0.5) is 11.6 Å². The molecule has 1 aliphatic heterocycles. The first-order valence-electron chi connectivity index (χ1n) is 10.5. The van der Waals surface area contributed by atoms with Gasteiger partial charge in [-0.1, -0.05) is 35.3 Å². The lowest BCUT2D eigenvalue weighted by atomic mass is 9.94. The Kier molecular flexibility index (Phi) is 5.16. The number of hydrogen-bond acceptors (Lipinski definition) is 6. The SMILES string of the molecule is Cc1nn(-c2c(Cl)cccc2Cl)c(=O)c2cnc(Nc3ccc4c(c3)CN(C)C4(C)C)nc12. The van der Waals surface area contributed by atoms with Gasteiger partial charge in [0.05, 0.1) is 21.1 Å². The fourth-order valence-corrected chi connectivity index (χ4v) is 4.82. The van der Waals surface area contributed by atoms with Crippen molar-refractivity contribution >= 4 is 45.7 Å². The molecule has 9 heteroatoms. The van der Waals surface area contributed by atoms with Crippen LogP contribution in [0, 0.1) is 6.92 Å². The highest BCUT2D eigenvalue weighted by Gasteiger charge is 2.34. The summed E-state index contributed by atoms with van der Waals surface area (Å²) in [4.78, 5) is 24.4. The number of aromatic nitrogens is 4. The van der Waals surface area contributed by atoms with E-state index in [1.54, 1.807) is 25.1 Å². The van der Waals surface area contributed by atoms with Crippen LogP contribution in [0.25, 0.3) is 16.6 Å². The maximum atomic E-state index is 13.2. The first kappa shape index (κ1) is 21.8. The largest absolute Gasteiger partial charge is 0.324 e. The number of aryl methyl sites for hydroxylation is 1. The van der Waals surface area contributed by atoms with E-state index in [2.05, 4.69) is 58.3 Å². The molecule has 2 aromatic carbocycles. The topological polar surface area (TPSA) is 75.9 Å². The van der Waals surface area contributed by atoms with Crippen molar-refractivity contribution in [1.82, 2.24) is 24.6 Å². The Labute approximate surface area is 201 Å². The molecule has 0 atom stereocenters. The van der Waals surface area contributed by atoms with Crippen LogP contribution in [0.3, 0.4) is 0 Å². The second-order valence-electron chi connectivity index (χ2n) is 8.74. The summed E-state index contributed by atoms with van der Waals surface area (Å²) in [6.07, 6.45) is 1.51. The zero-order valence-electron chi connectivity index (χ0n) is 18.6. The number of nitrogens with zero attached hydrogens (tertiary/aromatic N) is 5. The van der Waals surface area contributed by atoms with Gasteiger partial charge in [0.25, 0.3) is 5.56 Å². The van der Waals surface area contributed by atoms with E-state index < -0.39 is 0 Å². The average molecular weight is 481 g/mol. The molecule has 0 radical (unpaired) electrons. The van der Waals surface area contributed by atoms with Crippen LogP contribution in [0.2, 0.25) is 10.0 Å². The zero-order valence-corrected chi connectivity index (χ0v) is 20.2. The predicted molar refractivity (Wildman–Crippen MR) is 132 cm³/mol. The molecule has 2 aromatic heterocycles. The number of anilines is 2. The van der Waals surface area contributed by atoms with Crippen LogP contribution in [0.15, 0.2) is 47.4 Å². The van der Waals surface area contributed by atoms with Crippen molar-refractivity contribution in [3.63, 3.8) is 0 Å². The van der Waals surface area contributed by atoms with E-state index in [1.165, 1.54) is 22.0 Å². The fourth-order valence-electron chi connectivity index (χ4n) is 4.26. The number of rotatable bonds is 3. The minimum absolute atomic E-state index is 0.000537. The molecule has 1 N–H and O–H groups in total. The molecule has 33 heavy (non-hydrogen) atoms. The van der Waals surface area contributed by atoms with E-state index in [9.17, 15) is 4.79 Å². The maximum absolute atomic E-state index is 13.2. The Morgan fingerprint density at radius 1 is 1.12 bits per heavy atom. The first-order valence-corrected chi connectivity index (χ1v) is 11.2. The third-order valence-corrected chi connectivity index (χ3v) is 6.95. The van der Waals surface area contributed by atoms with Crippen LogP contribution in [-0.2, 0) is 12.1 Å². The van der Waals surface area contributed by atoms with Crippen molar-refractivity contribution in [3.8, 4) is 5.69 Å². The van der Waals surface area contributed by atoms with E-state index in [-0.39, 0.29) is 11.1 Å². The molecule has 4 aromatic rings. The molecular formula is C24H22Cl2N6O. The molecule has 0 aliphatic carbocycles. The zero-order chi connectivity index (χ0) is 23.5. The second-order valence-corrected chi connectivity index (χ2v) is 9.55. The van der Waals surface area contributed by atoms with Crippen LogP contribution in [-0.4, -0.2) is 31.7 Å². The molecule has 7 nitrogen and oxygen atoms in total. The molecule has 0 saturated heterocycles. The molecule has 1 aliphatic rings. The number of para-hydroxylation sites is 1. The molecule has 3 heterocycles.